The van der Waals surface area contributed by atoms with Crippen LogP contribution in [0.1, 0.15) is 40.9 Å². The molecule has 1 aromatic heterocycles. The van der Waals surface area contributed by atoms with Crippen LogP contribution in [0.3, 0.4) is 0 Å². The van der Waals surface area contributed by atoms with Crippen molar-refractivity contribution < 1.29 is 9.18 Å². The Morgan fingerprint density at radius 3 is 2.80 bits per heavy atom. The highest BCUT2D eigenvalue weighted by Crippen LogP contribution is 2.28. The Kier molecular flexibility index (Phi) is 4.47. The highest BCUT2D eigenvalue weighted by Gasteiger charge is 2.22. The molecule has 0 aliphatic heterocycles. The molecule has 3 nitrogen and oxygen atoms in total. The molecular weight excluding hydrogens is 279 g/mol. The highest BCUT2D eigenvalue weighted by atomic mass is 35.5. The Morgan fingerprint density at radius 2 is 2.20 bits per heavy atom. The van der Waals surface area contributed by atoms with Crippen molar-refractivity contribution in [2.24, 2.45) is 5.73 Å². The average Bonchev–Trinajstić information content (AvgIpc) is 2.47. The van der Waals surface area contributed by atoms with E-state index in [1.54, 1.807) is 12.1 Å². The van der Waals surface area contributed by atoms with E-state index in [0.29, 0.717) is 12.0 Å². The summed E-state index contributed by atoms with van der Waals surface area (Å²) in [7, 11) is 0. The number of nitrogens with two attached hydrogens (primary N) is 1. The largest absolute Gasteiger partial charge is 0.324 e. The van der Waals surface area contributed by atoms with Crippen LogP contribution in [0.5, 0.6) is 0 Å². The van der Waals surface area contributed by atoms with Crippen molar-refractivity contribution in [3.63, 3.8) is 0 Å². The molecule has 0 unspecified atom stereocenters. The average molecular weight is 293 g/mol. The molecular formula is C15H14ClFN2O. The van der Waals surface area contributed by atoms with Gasteiger partial charge in [0, 0.05) is 29.6 Å². The second-order valence-corrected chi connectivity index (χ2v) is 4.82. The summed E-state index contributed by atoms with van der Waals surface area (Å²) in [5, 5.41) is 0.0726. The van der Waals surface area contributed by atoms with E-state index < -0.39 is 17.6 Å². The van der Waals surface area contributed by atoms with Gasteiger partial charge in [-0.05, 0) is 24.6 Å². The molecule has 0 bridgehead atoms. The Hall–Kier alpha value is -1.78. The molecule has 0 spiro atoms. The summed E-state index contributed by atoms with van der Waals surface area (Å²) < 4.78 is 14.5. The molecule has 5 heteroatoms. The van der Waals surface area contributed by atoms with Crippen LogP contribution < -0.4 is 5.73 Å². The number of hydrogen-bond acceptors (Lipinski definition) is 3. The number of halogens is 2. The number of hydrogen-bond donors (Lipinski definition) is 1. The number of pyridine rings is 1. The van der Waals surface area contributed by atoms with E-state index in [4.69, 9.17) is 17.3 Å². The maximum absolute atomic E-state index is 14.5. The normalized spacial score (nSPS) is 12.2. The summed E-state index contributed by atoms with van der Waals surface area (Å²) in [6, 6.07) is 5.73. The lowest BCUT2D eigenvalue weighted by Crippen LogP contribution is -2.14. The summed E-state index contributed by atoms with van der Waals surface area (Å²) in [4.78, 5) is 16.2. The molecule has 0 amide bonds. The quantitative estimate of drug-likeness (QED) is 0.877. The van der Waals surface area contributed by atoms with E-state index >= 15 is 0 Å². The number of carbonyl (C=O) groups is 1. The minimum atomic E-state index is -0.652. The molecule has 0 saturated heterocycles. The lowest BCUT2D eigenvalue weighted by atomic mass is 9.97. The number of nitrogens with zero attached hydrogens (tertiary/aromatic N) is 1. The third kappa shape index (κ3) is 2.71. The van der Waals surface area contributed by atoms with E-state index in [9.17, 15) is 9.18 Å². The van der Waals surface area contributed by atoms with Gasteiger partial charge in [-0.3, -0.25) is 9.78 Å². The van der Waals surface area contributed by atoms with E-state index in [0.717, 1.165) is 0 Å². The molecule has 2 N–H and O–H groups in total. The van der Waals surface area contributed by atoms with Crippen LogP contribution in [-0.4, -0.2) is 10.8 Å². The number of rotatable bonds is 4. The standard InChI is InChI=1S/C15H14ClFN2O/c1-2-12(18)10-5-6-11(16)13(14(10)17)15(20)9-4-3-7-19-8-9/h3-8,12H,2,18H2,1H3/t12-/m1/s1. The van der Waals surface area contributed by atoms with Crippen molar-refractivity contribution >= 4 is 17.4 Å². The first-order chi connectivity index (χ1) is 9.56. The Labute approximate surface area is 121 Å². The lowest BCUT2D eigenvalue weighted by Gasteiger charge is -2.14. The molecule has 1 aromatic carbocycles. The summed E-state index contributed by atoms with van der Waals surface area (Å²) in [6.45, 7) is 1.85. The minimum Gasteiger partial charge on any atom is -0.324 e. The van der Waals surface area contributed by atoms with Crippen LogP contribution in [-0.2, 0) is 0 Å². The molecule has 2 rings (SSSR count). The molecule has 0 saturated carbocycles. The van der Waals surface area contributed by atoms with Gasteiger partial charge in [-0.2, -0.15) is 0 Å². The van der Waals surface area contributed by atoms with E-state index in [1.807, 2.05) is 6.92 Å². The zero-order valence-electron chi connectivity index (χ0n) is 10.9. The van der Waals surface area contributed by atoms with Gasteiger partial charge in [-0.15, -0.1) is 0 Å². The van der Waals surface area contributed by atoms with Gasteiger partial charge < -0.3 is 5.73 Å². The van der Waals surface area contributed by atoms with Crippen LogP contribution >= 0.6 is 11.6 Å². The SMILES string of the molecule is CC[C@@H](N)c1ccc(Cl)c(C(=O)c2cccnc2)c1F. The summed E-state index contributed by atoms with van der Waals surface area (Å²) >= 11 is 5.97. The zero-order valence-corrected chi connectivity index (χ0v) is 11.7. The van der Waals surface area contributed by atoms with Gasteiger partial charge in [0.25, 0.3) is 0 Å². The Bertz CT molecular complexity index is 631. The Balaban J connectivity index is 2.54. The van der Waals surface area contributed by atoms with Crippen molar-refractivity contribution in [3.05, 3.63) is 64.2 Å². The minimum absolute atomic E-state index is 0.0726. The van der Waals surface area contributed by atoms with Crippen LogP contribution in [0.4, 0.5) is 4.39 Å². The molecule has 2 aromatic rings. The highest BCUT2D eigenvalue weighted by molar-refractivity contribution is 6.35. The molecule has 1 atom stereocenters. The van der Waals surface area contributed by atoms with Crippen LogP contribution in [0, 0.1) is 5.82 Å². The molecule has 20 heavy (non-hydrogen) atoms. The lowest BCUT2D eigenvalue weighted by molar-refractivity contribution is 0.103. The van der Waals surface area contributed by atoms with Crippen LogP contribution in [0.2, 0.25) is 5.02 Å². The smallest absolute Gasteiger partial charge is 0.199 e. The van der Waals surface area contributed by atoms with Gasteiger partial charge in [0.1, 0.15) is 5.82 Å². The summed E-state index contributed by atoms with van der Waals surface area (Å²) in [6.07, 6.45) is 3.49. The Morgan fingerprint density at radius 1 is 1.45 bits per heavy atom. The maximum atomic E-state index is 14.5. The van der Waals surface area contributed by atoms with Gasteiger partial charge in [0.2, 0.25) is 0 Å². The first kappa shape index (κ1) is 14.6. The zero-order chi connectivity index (χ0) is 14.7. The third-order valence-electron chi connectivity index (χ3n) is 3.11. The number of aromatic nitrogens is 1. The third-order valence-corrected chi connectivity index (χ3v) is 3.43. The van der Waals surface area contributed by atoms with Crippen molar-refractivity contribution in [3.8, 4) is 0 Å². The van der Waals surface area contributed by atoms with Gasteiger partial charge >= 0.3 is 0 Å². The van der Waals surface area contributed by atoms with E-state index in [1.165, 1.54) is 24.5 Å². The first-order valence-electron chi connectivity index (χ1n) is 6.24. The van der Waals surface area contributed by atoms with E-state index in [-0.39, 0.29) is 16.1 Å². The van der Waals surface area contributed by atoms with Crippen molar-refractivity contribution in [2.45, 2.75) is 19.4 Å². The van der Waals surface area contributed by atoms with Gasteiger partial charge in [-0.25, -0.2) is 4.39 Å². The molecule has 104 valence electrons. The molecule has 0 fully saturated rings. The second-order valence-electron chi connectivity index (χ2n) is 4.41. The molecule has 0 aliphatic carbocycles. The van der Waals surface area contributed by atoms with E-state index in [2.05, 4.69) is 4.98 Å². The van der Waals surface area contributed by atoms with Crippen molar-refractivity contribution in [1.82, 2.24) is 4.98 Å². The summed E-state index contributed by atoms with van der Waals surface area (Å²) in [5.41, 5.74) is 6.28. The fourth-order valence-electron chi connectivity index (χ4n) is 1.92. The first-order valence-corrected chi connectivity index (χ1v) is 6.62. The number of ketones is 1. The maximum Gasteiger partial charge on any atom is 0.199 e. The van der Waals surface area contributed by atoms with Gasteiger partial charge in [0.05, 0.1) is 10.6 Å². The number of carbonyl (C=O) groups excluding carboxylic acids is 1. The second kappa shape index (κ2) is 6.11. The van der Waals surface area contributed by atoms with Crippen LogP contribution in [0.25, 0.3) is 0 Å². The predicted molar refractivity (Wildman–Crippen MR) is 76.3 cm³/mol. The van der Waals surface area contributed by atoms with Gasteiger partial charge in [-0.1, -0.05) is 24.6 Å². The summed E-state index contributed by atoms with van der Waals surface area (Å²) in [5.74, 6) is -1.15. The van der Waals surface area contributed by atoms with Gasteiger partial charge in [0.15, 0.2) is 5.78 Å². The monoisotopic (exact) mass is 292 g/mol. The predicted octanol–water partition coefficient (Wildman–Crippen LogP) is 3.51. The van der Waals surface area contributed by atoms with Crippen LogP contribution in [0.15, 0.2) is 36.7 Å². The fraction of sp³-hybridized carbons (Fsp3) is 0.200. The number of benzene rings is 1. The van der Waals surface area contributed by atoms with Crippen molar-refractivity contribution in [2.75, 3.05) is 0 Å². The topological polar surface area (TPSA) is 56.0 Å². The molecule has 0 aliphatic rings. The molecule has 0 radical (unpaired) electrons. The molecule has 1 heterocycles. The van der Waals surface area contributed by atoms with Crippen molar-refractivity contribution in [1.29, 1.82) is 0 Å². The fourth-order valence-corrected chi connectivity index (χ4v) is 2.16.